The van der Waals surface area contributed by atoms with E-state index in [1.807, 2.05) is 18.2 Å². The number of rotatable bonds is 2. The highest BCUT2D eigenvalue weighted by Crippen LogP contribution is 2.30. The van der Waals surface area contributed by atoms with Crippen molar-refractivity contribution in [3.63, 3.8) is 0 Å². The number of nitrogens with one attached hydrogen (secondary N) is 1. The Hall–Kier alpha value is -3.27. The smallest absolute Gasteiger partial charge is 0.326 e. The number of nitrogens with two attached hydrogens (primary N) is 1. The molecule has 11 heteroatoms. The summed E-state index contributed by atoms with van der Waals surface area (Å²) in [7, 11) is 3.23. The van der Waals surface area contributed by atoms with E-state index in [1.165, 1.54) is 9.80 Å². The van der Waals surface area contributed by atoms with E-state index < -0.39 is 6.04 Å². The summed E-state index contributed by atoms with van der Waals surface area (Å²) in [4.78, 5) is 49.2. The number of benzene rings is 1. The minimum atomic E-state index is -0.703. The summed E-state index contributed by atoms with van der Waals surface area (Å²) >= 11 is 6.11. The van der Waals surface area contributed by atoms with E-state index in [4.69, 9.17) is 17.3 Å². The number of anilines is 2. The van der Waals surface area contributed by atoms with Gasteiger partial charge in [-0.1, -0.05) is 11.6 Å². The Morgan fingerprint density at radius 3 is 2.56 bits per heavy atom. The van der Waals surface area contributed by atoms with Crippen molar-refractivity contribution in [1.82, 2.24) is 25.0 Å². The van der Waals surface area contributed by atoms with Crippen LogP contribution in [0.2, 0.25) is 5.02 Å². The highest BCUT2D eigenvalue weighted by atomic mass is 35.5. The third-order valence-electron chi connectivity index (χ3n) is 6.28. The van der Waals surface area contributed by atoms with Crippen LogP contribution in [0.15, 0.2) is 24.3 Å². The zero-order valence-electron chi connectivity index (χ0n) is 19.5. The van der Waals surface area contributed by atoms with Crippen LogP contribution in [0.3, 0.4) is 0 Å². The van der Waals surface area contributed by atoms with Crippen molar-refractivity contribution in [2.75, 3.05) is 57.5 Å². The van der Waals surface area contributed by atoms with Crippen molar-refractivity contribution in [1.29, 1.82) is 0 Å². The molecule has 1 aromatic heterocycles. The van der Waals surface area contributed by atoms with Crippen molar-refractivity contribution in [3.05, 3.63) is 29.3 Å². The molecule has 2 aliphatic heterocycles. The Kier molecular flexibility index (Phi) is 6.97. The van der Waals surface area contributed by atoms with Gasteiger partial charge < -0.3 is 25.8 Å². The molecule has 182 valence electrons. The van der Waals surface area contributed by atoms with Crippen LogP contribution in [0.4, 0.5) is 21.1 Å². The van der Waals surface area contributed by atoms with Crippen molar-refractivity contribution in [3.8, 4) is 0 Å². The SMILES string of the molecule is CN(C)C(=O)N1CCCCC(NC(=O)N2CCN(c3cc(N)nc4cc(Cl)ccc34)CC2)C1=O. The van der Waals surface area contributed by atoms with Crippen molar-refractivity contribution < 1.29 is 14.4 Å². The van der Waals surface area contributed by atoms with Gasteiger partial charge in [-0.05, 0) is 37.5 Å². The number of hydrogen-bond donors (Lipinski definition) is 2. The molecule has 34 heavy (non-hydrogen) atoms. The molecule has 1 unspecified atom stereocenters. The fourth-order valence-corrected chi connectivity index (χ4v) is 4.63. The summed E-state index contributed by atoms with van der Waals surface area (Å²) in [6.45, 7) is 2.57. The molecule has 0 bridgehead atoms. The first-order chi connectivity index (χ1) is 16.2. The molecular weight excluding hydrogens is 458 g/mol. The number of halogens is 1. The molecule has 2 aromatic rings. The number of aromatic nitrogens is 1. The maximum absolute atomic E-state index is 13.0. The van der Waals surface area contributed by atoms with Gasteiger partial charge in [0.1, 0.15) is 11.9 Å². The lowest BCUT2D eigenvalue weighted by atomic mass is 10.1. The number of hydrogen-bond acceptors (Lipinski definition) is 6. The van der Waals surface area contributed by atoms with Crippen LogP contribution in [0, 0.1) is 0 Å². The second-order valence-electron chi connectivity index (χ2n) is 8.87. The van der Waals surface area contributed by atoms with E-state index in [9.17, 15) is 14.4 Å². The van der Waals surface area contributed by atoms with Gasteiger partial charge in [0.25, 0.3) is 5.91 Å². The molecule has 1 atom stereocenters. The Labute approximate surface area is 203 Å². The second kappa shape index (κ2) is 9.92. The van der Waals surface area contributed by atoms with E-state index in [1.54, 1.807) is 25.1 Å². The topological polar surface area (TPSA) is 115 Å². The van der Waals surface area contributed by atoms with Crippen molar-refractivity contribution >= 4 is 52.0 Å². The predicted molar refractivity (Wildman–Crippen MR) is 132 cm³/mol. The third kappa shape index (κ3) is 4.96. The molecular formula is C23H30ClN7O3. The molecule has 0 aliphatic carbocycles. The standard InChI is InChI=1S/C23H30ClN7O3/c1-28(2)23(34)31-8-4-3-5-17(21(31)32)27-22(33)30-11-9-29(10-12-30)19-14-20(25)26-18-13-15(24)6-7-16(18)19/h6-7,13-14,17H,3-5,8-12H2,1-2H3,(H2,25,26)(H,27,33). The van der Waals surface area contributed by atoms with E-state index in [2.05, 4.69) is 15.2 Å². The Morgan fingerprint density at radius 2 is 1.85 bits per heavy atom. The van der Waals surface area contributed by atoms with Gasteiger partial charge in [0, 0.05) is 69.0 Å². The van der Waals surface area contributed by atoms with Crippen LogP contribution in [0.5, 0.6) is 0 Å². The van der Waals surface area contributed by atoms with Crippen LogP contribution in [-0.4, -0.2) is 90.5 Å². The van der Waals surface area contributed by atoms with Crippen LogP contribution >= 0.6 is 11.6 Å². The first-order valence-electron chi connectivity index (χ1n) is 11.4. The Morgan fingerprint density at radius 1 is 1.12 bits per heavy atom. The molecule has 4 rings (SSSR count). The van der Waals surface area contributed by atoms with E-state index in [0.29, 0.717) is 50.0 Å². The molecule has 0 spiro atoms. The zero-order chi connectivity index (χ0) is 24.4. The molecule has 2 fully saturated rings. The van der Waals surface area contributed by atoms with Crippen molar-refractivity contribution in [2.45, 2.75) is 25.3 Å². The minimum absolute atomic E-state index is 0.289. The normalized spacial score (nSPS) is 19.2. The average Bonchev–Trinajstić information content (AvgIpc) is 2.99. The van der Waals surface area contributed by atoms with Gasteiger partial charge in [-0.25, -0.2) is 14.6 Å². The van der Waals surface area contributed by atoms with E-state index >= 15 is 0 Å². The second-order valence-corrected chi connectivity index (χ2v) is 9.30. The number of nitrogens with zero attached hydrogens (tertiary/aromatic N) is 5. The van der Waals surface area contributed by atoms with Gasteiger partial charge >= 0.3 is 12.1 Å². The number of carbonyl (C=O) groups excluding carboxylic acids is 3. The number of amides is 5. The molecule has 2 saturated heterocycles. The lowest BCUT2D eigenvalue weighted by Gasteiger charge is -2.37. The van der Waals surface area contributed by atoms with Gasteiger partial charge in [0.15, 0.2) is 0 Å². The highest BCUT2D eigenvalue weighted by Gasteiger charge is 2.34. The van der Waals surface area contributed by atoms with Crippen LogP contribution in [-0.2, 0) is 4.79 Å². The molecule has 0 saturated carbocycles. The number of nitrogen functional groups attached to an aromatic ring is 1. The zero-order valence-corrected chi connectivity index (χ0v) is 20.2. The quantitative estimate of drug-likeness (QED) is 0.672. The fraction of sp³-hybridized carbons (Fsp3) is 0.478. The first kappa shape index (κ1) is 23.9. The lowest BCUT2D eigenvalue weighted by Crippen LogP contribution is -2.57. The van der Waals surface area contributed by atoms with Gasteiger partial charge in [-0.3, -0.25) is 9.69 Å². The summed E-state index contributed by atoms with van der Waals surface area (Å²) in [6.07, 6.45) is 2.01. The number of imide groups is 1. The van der Waals surface area contributed by atoms with E-state index in [-0.39, 0.29) is 18.0 Å². The predicted octanol–water partition coefficient (Wildman–Crippen LogP) is 2.36. The number of pyridine rings is 1. The molecule has 2 aliphatic rings. The summed E-state index contributed by atoms with van der Waals surface area (Å²) in [5, 5.41) is 4.41. The van der Waals surface area contributed by atoms with Gasteiger partial charge in [0.2, 0.25) is 0 Å². The maximum atomic E-state index is 13.0. The highest BCUT2D eigenvalue weighted by molar-refractivity contribution is 6.31. The van der Waals surface area contributed by atoms with Gasteiger partial charge in [-0.15, -0.1) is 0 Å². The van der Waals surface area contributed by atoms with Gasteiger partial charge in [0.05, 0.1) is 5.52 Å². The van der Waals surface area contributed by atoms with Gasteiger partial charge in [-0.2, -0.15) is 0 Å². The molecule has 5 amide bonds. The van der Waals surface area contributed by atoms with E-state index in [0.717, 1.165) is 29.4 Å². The van der Waals surface area contributed by atoms with Crippen molar-refractivity contribution in [2.24, 2.45) is 0 Å². The first-order valence-corrected chi connectivity index (χ1v) is 11.8. The molecule has 3 heterocycles. The molecule has 0 radical (unpaired) electrons. The maximum Gasteiger partial charge on any atom is 0.326 e. The summed E-state index contributed by atoms with van der Waals surface area (Å²) in [6, 6.07) is 6.03. The fourth-order valence-electron chi connectivity index (χ4n) is 4.46. The van der Waals surface area contributed by atoms with Crippen LogP contribution in [0.25, 0.3) is 10.9 Å². The number of piperazine rings is 1. The minimum Gasteiger partial charge on any atom is -0.384 e. The molecule has 10 nitrogen and oxygen atoms in total. The summed E-state index contributed by atoms with van der Waals surface area (Å²) < 4.78 is 0. The summed E-state index contributed by atoms with van der Waals surface area (Å²) in [5.41, 5.74) is 7.70. The number of carbonyl (C=O) groups is 3. The molecule has 3 N–H and O–H groups in total. The molecule has 1 aromatic carbocycles. The Bertz CT molecular complexity index is 1100. The Balaban J connectivity index is 1.41. The average molecular weight is 488 g/mol. The largest absolute Gasteiger partial charge is 0.384 e. The van der Waals surface area contributed by atoms with Crippen LogP contribution < -0.4 is 16.0 Å². The third-order valence-corrected chi connectivity index (χ3v) is 6.51. The number of fused-ring (bicyclic) bond motifs is 1. The van der Waals surface area contributed by atoms with Crippen LogP contribution in [0.1, 0.15) is 19.3 Å². The lowest BCUT2D eigenvalue weighted by molar-refractivity contribution is -0.130. The number of urea groups is 2. The monoisotopic (exact) mass is 487 g/mol. The number of likely N-dealkylation sites (tertiary alicyclic amines) is 1. The summed E-state index contributed by atoms with van der Waals surface area (Å²) in [5.74, 6) is 0.0641.